The molecule has 4 rings (SSSR count). The molecule has 0 bridgehead atoms. The van der Waals surface area contributed by atoms with Gasteiger partial charge in [0, 0.05) is 6.42 Å². The van der Waals surface area contributed by atoms with E-state index in [1.54, 1.807) is 24.3 Å². The number of hydrogen-bond donors (Lipinski definition) is 1. The third-order valence-electron chi connectivity index (χ3n) is 7.43. The molecule has 45 heavy (non-hydrogen) atoms. The predicted molar refractivity (Wildman–Crippen MR) is 171 cm³/mol. The molecule has 4 aromatic rings. The maximum absolute atomic E-state index is 13.4. The molecule has 0 aliphatic rings. The van der Waals surface area contributed by atoms with Crippen molar-refractivity contribution in [2.75, 3.05) is 19.0 Å². The van der Waals surface area contributed by atoms with Gasteiger partial charge in [0.15, 0.2) is 9.84 Å². The zero-order valence-corrected chi connectivity index (χ0v) is 27.4. The van der Waals surface area contributed by atoms with E-state index in [1.165, 1.54) is 36.8 Å². The number of aryl methyl sites for hydroxylation is 1. The lowest BCUT2D eigenvalue weighted by Crippen LogP contribution is -2.45. The second-order valence-corrected chi connectivity index (χ2v) is 14.5. The number of rotatable bonds is 14. The Balaban J connectivity index is 1.43. The lowest BCUT2D eigenvalue weighted by Gasteiger charge is -2.33. The molecule has 0 amide bonds. The van der Waals surface area contributed by atoms with E-state index in [4.69, 9.17) is 21.1 Å². The first kappa shape index (κ1) is 33.9. The molecule has 0 saturated carbocycles. The molecule has 1 aromatic heterocycles. The van der Waals surface area contributed by atoms with Crippen molar-refractivity contribution in [2.45, 2.75) is 63.1 Å². The van der Waals surface area contributed by atoms with Crippen LogP contribution in [-0.2, 0) is 35.3 Å². The second kappa shape index (κ2) is 14.0. The minimum Gasteiger partial charge on any atom is -0.506 e. The zero-order valence-electron chi connectivity index (χ0n) is 25.8. The summed E-state index contributed by atoms with van der Waals surface area (Å²) in [6.07, 6.45) is 1.32. The average Bonchev–Trinajstić information content (AvgIpc) is 3.41. The van der Waals surface area contributed by atoms with Crippen molar-refractivity contribution in [2.24, 2.45) is 5.41 Å². The molecule has 10 nitrogen and oxygen atoms in total. The number of unbranched alkanes of at least 4 members (excludes halogenated alkanes) is 1. The summed E-state index contributed by atoms with van der Waals surface area (Å²) in [6.45, 7) is 6.68. The highest BCUT2D eigenvalue weighted by atomic mass is 35.5. The van der Waals surface area contributed by atoms with Crippen LogP contribution in [0.3, 0.4) is 0 Å². The van der Waals surface area contributed by atoms with Crippen LogP contribution in [-0.4, -0.2) is 64.3 Å². The van der Waals surface area contributed by atoms with E-state index in [2.05, 4.69) is 10.2 Å². The molecule has 0 fully saturated rings. The number of carbonyl (C=O) groups is 2. The summed E-state index contributed by atoms with van der Waals surface area (Å²) in [4.78, 5) is 26.1. The number of ether oxygens (including phenoxy) is 2. The molecule has 1 heterocycles. The van der Waals surface area contributed by atoms with Crippen LogP contribution in [0.1, 0.15) is 51.2 Å². The highest BCUT2D eigenvalue weighted by molar-refractivity contribution is 7.91. The van der Waals surface area contributed by atoms with Gasteiger partial charge in [0.05, 0.1) is 29.3 Å². The number of sulfone groups is 1. The summed E-state index contributed by atoms with van der Waals surface area (Å²) >= 11 is 6.67. The highest BCUT2D eigenvalue weighted by Crippen LogP contribution is 2.38. The number of halogens is 1. The number of phenolic OH excluding ortho intramolecular Hbond substituents is 1. The van der Waals surface area contributed by atoms with E-state index in [-0.39, 0.29) is 36.7 Å². The first-order chi connectivity index (χ1) is 21.2. The molecule has 0 radical (unpaired) electrons. The minimum absolute atomic E-state index is 0.0477. The van der Waals surface area contributed by atoms with Crippen LogP contribution in [0.2, 0.25) is 0 Å². The smallest absolute Gasteiger partial charge is 0.326 e. The molecule has 0 spiro atoms. The Kier molecular flexibility index (Phi) is 10.5. The molecule has 0 aliphatic carbocycles. The first-order valence-corrected chi connectivity index (χ1v) is 16.7. The van der Waals surface area contributed by atoms with Gasteiger partial charge >= 0.3 is 11.9 Å². The van der Waals surface area contributed by atoms with Crippen molar-refractivity contribution in [1.82, 2.24) is 15.0 Å². The third-order valence-corrected chi connectivity index (χ3v) is 9.72. The van der Waals surface area contributed by atoms with E-state index >= 15 is 0 Å². The molecule has 12 heteroatoms. The minimum atomic E-state index is -3.94. The van der Waals surface area contributed by atoms with Crippen molar-refractivity contribution < 1.29 is 32.6 Å². The van der Waals surface area contributed by atoms with Crippen LogP contribution in [0.5, 0.6) is 5.75 Å². The van der Waals surface area contributed by atoms with Crippen LogP contribution in [0.25, 0.3) is 16.7 Å². The van der Waals surface area contributed by atoms with Gasteiger partial charge in [-0.1, -0.05) is 49.2 Å². The van der Waals surface area contributed by atoms with E-state index < -0.39 is 37.8 Å². The van der Waals surface area contributed by atoms with E-state index in [0.717, 1.165) is 12.0 Å². The third kappa shape index (κ3) is 8.40. The quantitative estimate of drug-likeness (QED) is 0.103. The Bertz CT molecular complexity index is 1740. The lowest BCUT2D eigenvalue weighted by molar-refractivity contribution is -0.156. The molecule has 0 saturated heterocycles. The number of aromatic nitrogens is 3. The Hall–Kier alpha value is -3.96. The van der Waals surface area contributed by atoms with E-state index in [1.807, 2.05) is 38.1 Å². The number of carbonyl (C=O) groups excluding carboxylic acids is 2. The Morgan fingerprint density at radius 1 is 0.933 bits per heavy atom. The van der Waals surface area contributed by atoms with Crippen molar-refractivity contribution >= 4 is 44.4 Å². The molecular formula is C33H38ClN3O7S. The van der Waals surface area contributed by atoms with Crippen LogP contribution >= 0.6 is 11.6 Å². The van der Waals surface area contributed by atoms with Gasteiger partial charge in [-0.25, -0.2) is 8.42 Å². The van der Waals surface area contributed by atoms with Gasteiger partial charge < -0.3 is 14.6 Å². The van der Waals surface area contributed by atoms with Gasteiger partial charge in [-0.05, 0) is 75.6 Å². The zero-order chi connectivity index (χ0) is 32.8. The summed E-state index contributed by atoms with van der Waals surface area (Å²) in [7, 11) is -3.94. The number of aromatic hydroxyl groups is 1. The number of esters is 2. The van der Waals surface area contributed by atoms with E-state index in [0.29, 0.717) is 28.7 Å². The average molecular weight is 656 g/mol. The SMILES string of the molecule is CCCCOC(=O)C(C)(CC(C)(Cl)C(=O)OCCc1ccc(-n2nc3ccccc3n2)c(O)c1)CS(=O)(=O)c1ccc(C)cc1. The summed E-state index contributed by atoms with van der Waals surface area (Å²) in [6, 6.07) is 18.6. The number of fused-ring (bicyclic) bond motifs is 1. The Morgan fingerprint density at radius 3 is 2.16 bits per heavy atom. The molecule has 240 valence electrons. The first-order valence-electron chi connectivity index (χ1n) is 14.7. The number of phenols is 1. The molecule has 3 aromatic carbocycles. The second-order valence-electron chi connectivity index (χ2n) is 11.7. The maximum atomic E-state index is 13.4. The van der Waals surface area contributed by atoms with Crippen LogP contribution < -0.4 is 0 Å². The number of nitrogens with zero attached hydrogens (tertiary/aromatic N) is 3. The predicted octanol–water partition coefficient (Wildman–Crippen LogP) is 5.73. The normalized spacial score (nSPS) is 14.4. The van der Waals surface area contributed by atoms with Crippen LogP contribution in [0, 0.1) is 12.3 Å². The van der Waals surface area contributed by atoms with Crippen LogP contribution in [0.15, 0.2) is 71.6 Å². The highest BCUT2D eigenvalue weighted by Gasteiger charge is 2.48. The largest absolute Gasteiger partial charge is 0.506 e. The lowest BCUT2D eigenvalue weighted by atomic mass is 9.82. The monoisotopic (exact) mass is 655 g/mol. The summed E-state index contributed by atoms with van der Waals surface area (Å²) < 4.78 is 37.6. The summed E-state index contributed by atoms with van der Waals surface area (Å²) in [5, 5.41) is 19.4. The Morgan fingerprint density at radius 2 is 1.56 bits per heavy atom. The molecule has 1 N–H and O–H groups in total. The van der Waals surface area contributed by atoms with Crippen LogP contribution in [0.4, 0.5) is 0 Å². The van der Waals surface area contributed by atoms with Gasteiger partial charge in [-0.2, -0.15) is 0 Å². The molecule has 2 atom stereocenters. The fourth-order valence-electron chi connectivity index (χ4n) is 4.99. The van der Waals surface area contributed by atoms with Gasteiger partial charge in [0.25, 0.3) is 0 Å². The molecule has 0 aliphatic heterocycles. The summed E-state index contributed by atoms with van der Waals surface area (Å²) in [5.41, 5.74) is 1.71. The van der Waals surface area contributed by atoms with Crippen molar-refractivity contribution in [3.05, 3.63) is 77.9 Å². The van der Waals surface area contributed by atoms with Gasteiger partial charge in [-0.3, -0.25) is 9.59 Å². The van der Waals surface area contributed by atoms with Crippen molar-refractivity contribution in [1.29, 1.82) is 0 Å². The standard InChI is InChI=1S/C33H38ClN3O7S/c1-5-6-18-43-30(39)32(3,22-45(41,42)25-14-11-23(2)12-15-25)21-33(4,34)31(40)44-19-17-24-13-16-28(29(38)20-24)37-35-26-9-7-8-10-27(26)36-37/h7-16,20,38H,5-6,17-19,21-22H2,1-4H3. The van der Waals surface area contributed by atoms with Crippen molar-refractivity contribution in [3.8, 4) is 11.4 Å². The maximum Gasteiger partial charge on any atom is 0.326 e. The molecule has 2 unspecified atom stereocenters. The number of alkyl halides is 1. The number of hydrogen-bond acceptors (Lipinski definition) is 9. The van der Waals surface area contributed by atoms with Crippen molar-refractivity contribution in [3.63, 3.8) is 0 Å². The topological polar surface area (TPSA) is 138 Å². The number of benzene rings is 3. The molecular weight excluding hydrogens is 618 g/mol. The van der Waals surface area contributed by atoms with Gasteiger partial charge in [0.1, 0.15) is 27.3 Å². The van der Waals surface area contributed by atoms with Gasteiger partial charge in [0.2, 0.25) is 0 Å². The summed E-state index contributed by atoms with van der Waals surface area (Å²) in [5.74, 6) is -2.21. The Labute approximate surface area is 268 Å². The fraction of sp³-hybridized carbons (Fsp3) is 0.394. The van der Waals surface area contributed by atoms with Gasteiger partial charge in [-0.15, -0.1) is 26.6 Å². The van der Waals surface area contributed by atoms with E-state index in [9.17, 15) is 23.1 Å². The fourth-order valence-corrected chi connectivity index (χ4v) is 7.12.